The lowest BCUT2D eigenvalue weighted by Crippen LogP contribution is -2.47. The zero-order chi connectivity index (χ0) is 25.5. The second-order valence-corrected chi connectivity index (χ2v) is 8.45. The van der Waals surface area contributed by atoms with Gasteiger partial charge in [0, 0.05) is 36.0 Å². The van der Waals surface area contributed by atoms with E-state index < -0.39 is 23.7 Å². The average Bonchev–Trinajstić information content (AvgIpc) is 2.87. The van der Waals surface area contributed by atoms with E-state index in [0.29, 0.717) is 30.8 Å². The van der Waals surface area contributed by atoms with E-state index in [2.05, 4.69) is 15.3 Å². The van der Waals surface area contributed by atoms with Crippen molar-refractivity contribution in [2.24, 2.45) is 0 Å². The maximum absolute atomic E-state index is 13.8. The number of carboxylic acid groups (broad SMARTS) is 1. The van der Waals surface area contributed by atoms with Gasteiger partial charge in [-0.25, -0.2) is 13.8 Å². The summed E-state index contributed by atoms with van der Waals surface area (Å²) in [7, 11) is 1.55. The minimum atomic E-state index is -0.953. The second-order valence-electron chi connectivity index (χ2n) is 8.45. The number of carboxylic acids is 1. The van der Waals surface area contributed by atoms with Gasteiger partial charge in [-0.2, -0.15) is 0 Å². The highest BCUT2D eigenvalue weighted by molar-refractivity contribution is 5.84. The number of hydrogen-bond donors (Lipinski definition) is 2. The van der Waals surface area contributed by atoms with Crippen molar-refractivity contribution in [3.05, 3.63) is 77.5 Å². The van der Waals surface area contributed by atoms with Crippen LogP contribution in [0.3, 0.4) is 0 Å². The number of hydrogen-bond acceptors (Lipinski definition) is 6. The van der Waals surface area contributed by atoms with Gasteiger partial charge in [0.2, 0.25) is 5.88 Å². The van der Waals surface area contributed by atoms with Crippen LogP contribution in [0.4, 0.5) is 8.78 Å². The second kappa shape index (κ2) is 11.8. The van der Waals surface area contributed by atoms with Crippen molar-refractivity contribution in [3.63, 3.8) is 0 Å². The van der Waals surface area contributed by atoms with Crippen molar-refractivity contribution in [1.82, 2.24) is 15.3 Å². The first kappa shape index (κ1) is 25.4. The number of nitrogens with one attached hydrogen (secondary N) is 1. The Hall–Kier alpha value is -3.69. The van der Waals surface area contributed by atoms with E-state index in [9.17, 15) is 18.7 Å². The predicted octanol–water partition coefficient (Wildman–Crippen LogP) is 4.62. The number of carbonyl (C=O) groups is 1. The van der Waals surface area contributed by atoms with Gasteiger partial charge in [0.15, 0.2) is 0 Å². The highest BCUT2D eigenvalue weighted by Gasteiger charge is 2.31. The molecule has 1 aliphatic rings. The van der Waals surface area contributed by atoms with Crippen LogP contribution in [0.25, 0.3) is 23.2 Å². The first-order chi connectivity index (χ1) is 17.4. The predicted molar refractivity (Wildman–Crippen MR) is 132 cm³/mol. The lowest BCUT2D eigenvalue weighted by atomic mass is 9.95. The van der Waals surface area contributed by atoms with Crippen LogP contribution in [-0.2, 0) is 9.53 Å². The Morgan fingerprint density at radius 3 is 2.86 bits per heavy atom. The van der Waals surface area contributed by atoms with Gasteiger partial charge in [-0.1, -0.05) is 24.3 Å². The van der Waals surface area contributed by atoms with Gasteiger partial charge in [0.25, 0.3) is 0 Å². The van der Waals surface area contributed by atoms with Crippen LogP contribution < -0.4 is 10.1 Å². The molecule has 7 nitrogen and oxygen atoms in total. The molecule has 1 fully saturated rings. The van der Waals surface area contributed by atoms with E-state index in [0.717, 1.165) is 29.3 Å². The van der Waals surface area contributed by atoms with Crippen molar-refractivity contribution < 1.29 is 28.2 Å². The number of rotatable bonds is 9. The molecule has 0 unspecified atom stereocenters. The summed E-state index contributed by atoms with van der Waals surface area (Å²) in [6, 6.07) is 8.51. The number of ether oxygens (including phenoxy) is 2. The first-order valence-electron chi connectivity index (χ1n) is 11.6. The van der Waals surface area contributed by atoms with Crippen LogP contribution in [0.1, 0.15) is 30.4 Å². The molecule has 1 aromatic carbocycles. The molecule has 9 heteroatoms. The minimum Gasteiger partial charge on any atom is -0.481 e. The zero-order valence-corrected chi connectivity index (χ0v) is 19.7. The Morgan fingerprint density at radius 2 is 2.06 bits per heavy atom. The molecule has 2 N–H and O–H groups in total. The fourth-order valence-corrected chi connectivity index (χ4v) is 4.19. The number of pyridine rings is 2. The van der Waals surface area contributed by atoms with Gasteiger partial charge in [-0.05, 0) is 43.2 Å². The fraction of sp³-hybridized carbons (Fsp3) is 0.296. The molecule has 0 amide bonds. The summed E-state index contributed by atoms with van der Waals surface area (Å²) in [5, 5.41) is 12.6. The molecule has 0 bridgehead atoms. The third-order valence-corrected chi connectivity index (χ3v) is 5.98. The highest BCUT2D eigenvalue weighted by atomic mass is 19.1. The Kier molecular flexibility index (Phi) is 8.35. The molecule has 1 saturated heterocycles. The summed E-state index contributed by atoms with van der Waals surface area (Å²) in [5.41, 5.74) is 2.45. The summed E-state index contributed by atoms with van der Waals surface area (Å²) < 4.78 is 38.4. The maximum atomic E-state index is 13.8. The molecule has 3 atom stereocenters. The van der Waals surface area contributed by atoms with Gasteiger partial charge in [0.1, 0.15) is 11.6 Å². The van der Waals surface area contributed by atoms with Crippen LogP contribution in [0, 0.1) is 11.6 Å². The number of methoxy groups -OCH3 is 1. The summed E-state index contributed by atoms with van der Waals surface area (Å²) in [6.45, 7) is 0.358. The van der Waals surface area contributed by atoms with Crippen molar-refractivity contribution in [1.29, 1.82) is 0 Å². The molecule has 3 heterocycles. The van der Waals surface area contributed by atoms with Crippen LogP contribution >= 0.6 is 0 Å². The first-order valence-corrected chi connectivity index (χ1v) is 11.6. The largest absolute Gasteiger partial charge is 0.481 e. The summed E-state index contributed by atoms with van der Waals surface area (Å²) >= 11 is 0. The number of benzene rings is 1. The lowest BCUT2D eigenvalue weighted by Gasteiger charge is -2.35. The molecule has 36 heavy (non-hydrogen) atoms. The quantitative estimate of drug-likeness (QED) is 0.447. The third-order valence-electron chi connectivity index (χ3n) is 5.98. The molecular formula is C27H27F2N3O4. The molecule has 2 aromatic heterocycles. The Morgan fingerprint density at radius 1 is 1.19 bits per heavy atom. The molecular weight excluding hydrogens is 468 g/mol. The Labute approximate surface area is 207 Å². The van der Waals surface area contributed by atoms with Crippen LogP contribution in [0.5, 0.6) is 5.88 Å². The van der Waals surface area contributed by atoms with Crippen LogP contribution in [0.2, 0.25) is 0 Å². The minimum absolute atomic E-state index is 0.152. The molecule has 0 saturated carbocycles. The normalized spacial score (nSPS) is 20.4. The van der Waals surface area contributed by atoms with Crippen molar-refractivity contribution in [2.45, 2.75) is 37.5 Å². The molecule has 0 spiro atoms. The molecule has 4 rings (SSSR count). The Balaban J connectivity index is 1.40. The number of halogens is 2. The van der Waals surface area contributed by atoms with Crippen LogP contribution in [-0.4, -0.2) is 52.9 Å². The van der Waals surface area contributed by atoms with E-state index in [1.807, 2.05) is 24.3 Å². The summed E-state index contributed by atoms with van der Waals surface area (Å²) in [4.78, 5) is 20.3. The number of nitrogens with zero attached hydrogens (tertiary/aromatic N) is 2. The number of aliphatic carboxylic acids is 1. The monoisotopic (exact) mass is 495 g/mol. The van der Waals surface area contributed by atoms with E-state index >= 15 is 0 Å². The maximum Gasteiger partial charge on any atom is 0.306 e. The zero-order valence-electron chi connectivity index (χ0n) is 19.7. The van der Waals surface area contributed by atoms with Crippen molar-refractivity contribution >= 4 is 29.2 Å². The van der Waals surface area contributed by atoms with E-state index in [1.165, 1.54) is 6.08 Å². The molecule has 188 valence electrons. The summed E-state index contributed by atoms with van der Waals surface area (Å²) in [5.74, 6) is -1.49. The third kappa shape index (κ3) is 6.50. The Bertz CT molecular complexity index is 1280. The van der Waals surface area contributed by atoms with Gasteiger partial charge in [-0.3, -0.25) is 9.78 Å². The summed E-state index contributed by atoms with van der Waals surface area (Å²) in [6.07, 6.45) is 9.11. The van der Waals surface area contributed by atoms with Gasteiger partial charge in [-0.15, -0.1) is 0 Å². The molecule has 1 aliphatic heterocycles. The standard InChI is InChI=1S/C27H27F2N3O4/c1-35-25-11-10-23-27(32-25)17(12-14-31-23)4-6-20-7-9-22(24(36-20)16-26(33)34)30-13-2-3-18-15-19(28)5-8-21(18)29/h2-6,8,10-12,14-15,20,22,24,30H,7,9,13,16H2,1H3,(H,33,34)/b3-2+,6-4?/t20-,22-,24-/m1/s1. The molecule has 0 aliphatic carbocycles. The van der Waals surface area contributed by atoms with Gasteiger partial charge >= 0.3 is 5.97 Å². The van der Waals surface area contributed by atoms with Crippen LogP contribution in [0.15, 0.2) is 54.7 Å². The topological polar surface area (TPSA) is 93.6 Å². The van der Waals surface area contributed by atoms with E-state index in [-0.39, 0.29) is 24.1 Å². The van der Waals surface area contributed by atoms with Gasteiger partial charge in [0.05, 0.1) is 36.8 Å². The fourth-order valence-electron chi connectivity index (χ4n) is 4.19. The van der Waals surface area contributed by atoms with Gasteiger partial charge < -0.3 is 19.9 Å². The molecule has 3 aromatic rings. The number of aromatic nitrogens is 2. The number of fused-ring (bicyclic) bond motifs is 1. The lowest BCUT2D eigenvalue weighted by molar-refractivity contribution is -0.143. The smallest absolute Gasteiger partial charge is 0.306 e. The molecule has 0 radical (unpaired) electrons. The SMILES string of the molecule is COc1ccc2nccc(C=C[C@@H]3CC[C@@H](NC/C=C/c4cc(F)ccc4F)[C@@H](CC(=O)O)O3)c2n1. The van der Waals surface area contributed by atoms with Crippen molar-refractivity contribution in [3.8, 4) is 5.88 Å². The van der Waals surface area contributed by atoms with E-state index in [4.69, 9.17) is 9.47 Å². The van der Waals surface area contributed by atoms with Crippen molar-refractivity contribution in [2.75, 3.05) is 13.7 Å². The highest BCUT2D eigenvalue weighted by Crippen LogP contribution is 2.25. The van der Waals surface area contributed by atoms with E-state index in [1.54, 1.807) is 25.4 Å². The average molecular weight is 496 g/mol.